The van der Waals surface area contributed by atoms with Crippen molar-refractivity contribution in [3.05, 3.63) is 205 Å². The summed E-state index contributed by atoms with van der Waals surface area (Å²) < 4.78 is 0. The number of hydrogen-bond donors (Lipinski definition) is 2. The van der Waals surface area contributed by atoms with Crippen LogP contribution in [0.4, 0.5) is 22.7 Å². The zero-order chi connectivity index (χ0) is 40.3. The van der Waals surface area contributed by atoms with Gasteiger partial charge in [-0.1, -0.05) is 217 Å². The molecule has 8 rings (SSSR count). The van der Waals surface area contributed by atoms with Crippen molar-refractivity contribution < 1.29 is 0 Å². The smallest absolute Gasteiger partial charge is 0.0543 e. The van der Waals surface area contributed by atoms with Crippen LogP contribution < -0.4 is 10.6 Å². The molecule has 0 bridgehead atoms. The minimum Gasteiger partial charge on any atom is -0.354 e. The maximum absolute atomic E-state index is 4.02. The van der Waals surface area contributed by atoms with Crippen LogP contribution in [0.5, 0.6) is 0 Å². The van der Waals surface area contributed by atoms with Crippen molar-refractivity contribution >= 4 is 22.7 Å². The van der Waals surface area contributed by atoms with Crippen molar-refractivity contribution in [1.82, 2.24) is 0 Å². The molecule has 0 saturated heterocycles. The Bertz CT molecular complexity index is 2350. The molecule has 0 fully saturated rings. The van der Waals surface area contributed by atoms with Gasteiger partial charge in [-0.25, -0.2) is 0 Å². The molecule has 0 atom stereocenters. The predicted octanol–water partition coefficient (Wildman–Crippen LogP) is 16.1. The van der Waals surface area contributed by atoms with Crippen LogP contribution in [0.1, 0.15) is 52.7 Å². The summed E-state index contributed by atoms with van der Waals surface area (Å²) >= 11 is 0. The first-order valence-corrected chi connectivity index (χ1v) is 20.3. The van der Waals surface area contributed by atoms with Gasteiger partial charge < -0.3 is 10.6 Å². The van der Waals surface area contributed by atoms with Gasteiger partial charge in [0, 0.05) is 33.6 Å². The zero-order valence-corrected chi connectivity index (χ0v) is 34.5. The van der Waals surface area contributed by atoms with Gasteiger partial charge in [0.2, 0.25) is 0 Å². The molecule has 0 unspecified atom stereocenters. The predicted molar refractivity (Wildman–Crippen MR) is 250 cm³/mol. The topological polar surface area (TPSA) is 24.1 Å². The molecule has 2 N–H and O–H groups in total. The van der Waals surface area contributed by atoms with E-state index in [4.69, 9.17) is 0 Å². The molecule has 8 aromatic carbocycles. The number of benzene rings is 8. The molecule has 8 aromatic rings. The largest absolute Gasteiger partial charge is 0.354 e. The molecule has 0 aromatic heterocycles. The number of nitrogens with one attached hydrogen (secondary N) is 2. The lowest BCUT2D eigenvalue weighted by Crippen LogP contribution is -2.16. The summed E-state index contributed by atoms with van der Waals surface area (Å²) in [5, 5.41) is 8.03. The minimum atomic E-state index is -0.0225. The van der Waals surface area contributed by atoms with Gasteiger partial charge in [0.05, 0.1) is 11.4 Å². The summed E-state index contributed by atoms with van der Waals surface area (Å²) in [6, 6.07) is 70.0. The molecule has 0 spiro atoms. The van der Waals surface area contributed by atoms with Gasteiger partial charge in [0.1, 0.15) is 0 Å². The van der Waals surface area contributed by atoms with Gasteiger partial charge in [-0.05, 0) is 73.5 Å². The normalized spacial score (nSPS) is 11.6. The highest BCUT2D eigenvalue weighted by Gasteiger charge is 2.22. The quantitative estimate of drug-likeness (QED) is 0.153. The molecule has 0 amide bonds. The number of para-hydroxylation sites is 2. The summed E-state index contributed by atoms with van der Waals surface area (Å²) in [5.41, 5.74) is 18.3. The van der Waals surface area contributed by atoms with Crippen molar-refractivity contribution in [3.8, 4) is 55.6 Å². The molecule has 0 saturated carbocycles. The third kappa shape index (κ3) is 8.38. The van der Waals surface area contributed by atoms with Crippen LogP contribution in [-0.2, 0) is 10.8 Å². The van der Waals surface area contributed by atoms with Crippen LogP contribution in [0.15, 0.2) is 194 Å². The van der Waals surface area contributed by atoms with E-state index in [1.807, 2.05) is 0 Å². The molecule has 0 radical (unpaired) electrons. The van der Waals surface area contributed by atoms with Crippen molar-refractivity contribution in [3.63, 3.8) is 0 Å². The average Bonchev–Trinajstić information content (AvgIpc) is 3.24. The minimum absolute atomic E-state index is 0.0225. The Labute approximate surface area is 345 Å². The van der Waals surface area contributed by atoms with Crippen LogP contribution in [-0.4, -0.2) is 0 Å². The Hall–Kier alpha value is -6.64. The Morgan fingerprint density at radius 1 is 0.276 bits per heavy atom. The SMILES string of the molecule is CC(C)(C)c1cc(-c2cc(Nc3c(-c4ccccc4)cccc3-c3ccccc3)cc(Nc3c(-c4ccccc4)cccc3-c3ccccc3)c2)cc(C(C)(C)C)c1. The highest BCUT2D eigenvalue weighted by atomic mass is 14.9. The van der Waals surface area contributed by atoms with Crippen LogP contribution in [0.3, 0.4) is 0 Å². The molecule has 2 nitrogen and oxygen atoms in total. The third-order valence-corrected chi connectivity index (χ3v) is 10.9. The Kier molecular flexibility index (Phi) is 10.6. The monoisotopic (exact) mass is 752 g/mol. The van der Waals surface area contributed by atoms with E-state index in [-0.39, 0.29) is 10.8 Å². The summed E-state index contributed by atoms with van der Waals surface area (Å²) in [7, 11) is 0. The molecule has 0 aliphatic rings. The second-order valence-corrected chi connectivity index (χ2v) is 17.3. The van der Waals surface area contributed by atoms with E-state index in [0.29, 0.717) is 0 Å². The van der Waals surface area contributed by atoms with E-state index in [0.717, 1.165) is 72.8 Å². The van der Waals surface area contributed by atoms with E-state index in [1.54, 1.807) is 0 Å². The summed E-state index contributed by atoms with van der Waals surface area (Å²) in [6.07, 6.45) is 0. The molecule has 2 heteroatoms. The fourth-order valence-corrected chi connectivity index (χ4v) is 7.69. The molecule has 0 heterocycles. The standard InChI is InChI=1S/C56H52N2/c1-55(2,3)45-33-43(34-46(37-45)56(4,5)6)44-35-47(57-53-49(39-21-11-7-12-22-39)29-19-30-50(53)40-23-13-8-14-24-40)38-48(36-44)58-54-51(41-25-15-9-16-26-41)31-20-32-52(54)42-27-17-10-18-28-42/h7-38,57-58H,1-6H3. The van der Waals surface area contributed by atoms with E-state index in [1.165, 1.54) is 16.7 Å². The van der Waals surface area contributed by atoms with Crippen molar-refractivity contribution in [1.29, 1.82) is 0 Å². The van der Waals surface area contributed by atoms with E-state index in [9.17, 15) is 0 Å². The number of anilines is 4. The summed E-state index contributed by atoms with van der Waals surface area (Å²) in [4.78, 5) is 0. The third-order valence-electron chi connectivity index (χ3n) is 10.9. The van der Waals surface area contributed by atoms with Gasteiger partial charge in [-0.2, -0.15) is 0 Å². The molecule has 58 heavy (non-hydrogen) atoms. The maximum atomic E-state index is 4.02. The second-order valence-electron chi connectivity index (χ2n) is 17.3. The fraction of sp³-hybridized carbons (Fsp3) is 0.143. The zero-order valence-electron chi connectivity index (χ0n) is 34.5. The molecular weight excluding hydrogens is 701 g/mol. The Morgan fingerprint density at radius 2 is 0.569 bits per heavy atom. The van der Waals surface area contributed by atoms with E-state index < -0.39 is 0 Å². The fourth-order valence-electron chi connectivity index (χ4n) is 7.69. The first kappa shape index (κ1) is 38.2. The van der Waals surface area contributed by atoms with E-state index in [2.05, 4.69) is 246 Å². The highest BCUT2D eigenvalue weighted by molar-refractivity contribution is 5.96. The highest BCUT2D eigenvalue weighted by Crippen LogP contribution is 2.44. The van der Waals surface area contributed by atoms with Crippen molar-refractivity contribution in [2.75, 3.05) is 10.6 Å². The Morgan fingerprint density at radius 3 is 0.862 bits per heavy atom. The number of hydrogen-bond acceptors (Lipinski definition) is 2. The average molecular weight is 753 g/mol. The van der Waals surface area contributed by atoms with Crippen LogP contribution in [0, 0.1) is 0 Å². The van der Waals surface area contributed by atoms with Gasteiger partial charge in [-0.15, -0.1) is 0 Å². The summed E-state index contributed by atoms with van der Waals surface area (Å²) in [6.45, 7) is 13.8. The van der Waals surface area contributed by atoms with Crippen molar-refractivity contribution in [2.45, 2.75) is 52.4 Å². The summed E-state index contributed by atoms with van der Waals surface area (Å²) in [5.74, 6) is 0. The van der Waals surface area contributed by atoms with Gasteiger partial charge in [0.15, 0.2) is 0 Å². The van der Waals surface area contributed by atoms with Gasteiger partial charge >= 0.3 is 0 Å². The molecule has 0 aliphatic heterocycles. The lowest BCUT2D eigenvalue weighted by molar-refractivity contribution is 0.569. The number of rotatable bonds is 9. The second kappa shape index (κ2) is 16.1. The molecule has 286 valence electrons. The Balaban J connectivity index is 1.36. The van der Waals surface area contributed by atoms with Gasteiger partial charge in [0.25, 0.3) is 0 Å². The first-order chi connectivity index (χ1) is 28.0. The maximum Gasteiger partial charge on any atom is 0.0543 e. The van der Waals surface area contributed by atoms with Crippen LogP contribution in [0.25, 0.3) is 55.6 Å². The van der Waals surface area contributed by atoms with Crippen molar-refractivity contribution in [2.24, 2.45) is 0 Å². The molecular formula is C56H52N2. The molecule has 0 aliphatic carbocycles. The van der Waals surface area contributed by atoms with Crippen LogP contribution in [0.2, 0.25) is 0 Å². The van der Waals surface area contributed by atoms with E-state index >= 15 is 0 Å². The van der Waals surface area contributed by atoms with Gasteiger partial charge in [-0.3, -0.25) is 0 Å². The lowest BCUT2D eigenvalue weighted by Gasteiger charge is -2.27. The first-order valence-electron chi connectivity index (χ1n) is 20.3. The lowest BCUT2D eigenvalue weighted by atomic mass is 9.79. The van der Waals surface area contributed by atoms with Crippen LogP contribution >= 0.6 is 0 Å².